The molecule has 2 heteroatoms. The molecule has 0 saturated heterocycles. The van der Waals surface area contributed by atoms with Crippen LogP contribution < -0.4 is 4.90 Å². The molecule has 0 aliphatic carbocycles. The molecule has 1 heterocycles. The summed E-state index contributed by atoms with van der Waals surface area (Å²) in [5, 5.41) is 12.6. The molecule has 0 spiro atoms. The van der Waals surface area contributed by atoms with Crippen LogP contribution in [0.4, 0.5) is 17.1 Å². The molecule has 0 amide bonds. The van der Waals surface area contributed by atoms with Crippen LogP contribution in [-0.2, 0) is 0 Å². The summed E-state index contributed by atoms with van der Waals surface area (Å²) in [6.45, 7) is 0. The highest BCUT2D eigenvalue weighted by molar-refractivity contribution is 6.28. The number of nitrogens with zero attached hydrogens (tertiary/aromatic N) is 2. The Labute approximate surface area is 313 Å². The number of hydrogen-bond donors (Lipinski definition) is 0. The van der Waals surface area contributed by atoms with E-state index in [1.54, 1.807) is 0 Å². The Balaban J connectivity index is 1.03. The summed E-state index contributed by atoms with van der Waals surface area (Å²) in [5.74, 6) is 0. The molecular formula is C52H34N2. The summed E-state index contributed by atoms with van der Waals surface area (Å²) in [4.78, 5) is 2.35. The van der Waals surface area contributed by atoms with Gasteiger partial charge in [0.15, 0.2) is 0 Å². The molecule has 0 unspecified atom stereocenters. The average molecular weight is 687 g/mol. The van der Waals surface area contributed by atoms with Crippen molar-refractivity contribution in [2.45, 2.75) is 0 Å². The number of aromatic nitrogens is 1. The van der Waals surface area contributed by atoms with Gasteiger partial charge in [0.1, 0.15) is 0 Å². The number of fused-ring (bicyclic) bond motifs is 9. The Morgan fingerprint density at radius 3 is 1.48 bits per heavy atom. The van der Waals surface area contributed by atoms with Gasteiger partial charge in [-0.25, -0.2) is 0 Å². The van der Waals surface area contributed by atoms with Crippen LogP contribution in [0.2, 0.25) is 0 Å². The summed E-state index contributed by atoms with van der Waals surface area (Å²) in [7, 11) is 0. The zero-order valence-electron chi connectivity index (χ0n) is 29.5. The first-order valence-electron chi connectivity index (χ1n) is 18.6. The van der Waals surface area contributed by atoms with E-state index in [0.29, 0.717) is 0 Å². The van der Waals surface area contributed by atoms with Crippen molar-refractivity contribution >= 4 is 82.0 Å². The van der Waals surface area contributed by atoms with Crippen molar-refractivity contribution < 1.29 is 0 Å². The second kappa shape index (κ2) is 12.2. The van der Waals surface area contributed by atoms with E-state index in [9.17, 15) is 0 Å². The summed E-state index contributed by atoms with van der Waals surface area (Å²) in [6, 6.07) is 75.2. The fourth-order valence-corrected chi connectivity index (χ4v) is 8.52. The lowest BCUT2D eigenvalue weighted by Gasteiger charge is -2.26. The summed E-state index contributed by atoms with van der Waals surface area (Å²) in [6.07, 6.45) is 0. The molecule has 252 valence electrons. The summed E-state index contributed by atoms with van der Waals surface area (Å²) in [5.41, 5.74) is 9.38. The van der Waals surface area contributed by atoms with Gasteiger partial charge in [-0.2, -0.15) is 0 Å². The Morgan fingerprint density at radius 2 is 0.778 bits per heavy atom. The zero-order chi connectivity index (χ0) is 35.6. The van der Waals surface area contributed by atoms with Gasteiger partial charge in [-0.05, 0) is 121 Å². The molecule has 11 aromatic rings. The van der Waals surface area contributed by atoms with Crippen LogP contribution in [0.25, 0.3) is 81.7 Å². The molecule has 0 aliphatic heterocycles. The number of para-hydroxylation sites is 1. The van der Waals surface area contributed by atoms with Crippen LogP contribution in [0.1, 0.15) is 0 Å². The molecule has 0 N–H and O–H groups in total. The lowest BCUT2D eigenvalue weighted by molar-refractivity contribution is 1.19. The number of anilines is 3. The van der Waals surface area contributed by atoms with E-state index in [-0.39, 0.29) is 0 Å². The SMILES string of the molecule is c1ccc(N(c2ccc(-c3ccc4ccccc4c3)cc2)c2ccc3cc(-n4c5ccc6ccccc6c5c5c6ccccc6ccc54)ccc3c2)cc1. The molecular weight excluding hydrogens is 653 g/mol. The third-order valence-electron chi connectivity index (χ3n) is 11.1. The van der Waals surface area contributed by atoms with Gasteiger partial charge in [0.25, 0.3) is 0 Å². The first kappa shape index (κ1) is 30.5. The molecule has 0 saturated carbocycles. The Kier molecular flexibility index (Phi) is 6.90. The molecule has 0 aliphatic rings. The zero-order valence-corrected chi connectivity index (χ0v) is 29.5. The third kappa shape index (κ3) is 4.88. The molecule has 11 rings (SSSR count). The largest absolute Gasteiger partial charge is 0.310 e. The molecule has 0 atom stereocenters. The Morgan fingerprint density at radius 1 is 0.296 bits per heavy atom. The van der Waals surface area contributed by atoms with Crippen molar-refractivity contribution in [1.29, 1.82) is 0 Å². The van der Waals surface area contributed by atoms with Crippen molar-refractivity contribution in [2.24, 2.45) is 0 Å². The number of hydrogen-bond acceptors (Lipinski definition) is 1. The van der Waals surface area contributed by atoms with E-state index in [2.05, 4.69) is 216 Å². The van der Waals surface area contributed by atoms with E-state index in [4.69, 9.17) is 0 Å². The van der Waals surface area contributed by atoms with Gasteiger partial charge in [-0.3, -0.25) is 0 Å². The van der Waals surface area contributed by atoms with E-state index in [1.165, 1.54) is 76.0 Å². The van der Waals surface area contributed by atoms with Crippen molar-refractivity contribution in [3.8, 4) is 16.8 Å². The van der Waals surface area contributed by atoms with Gasteiger partial charge in [-0.15, -0.1) is 0 Å². The minimum Gasteiger partial charge on any atom is -0.310 e. The summed E-state index contributed by atoms with van der Waals surface area (Å²) >= 11 is 0. The Bertz CT molecular complexity index is 3120. The molecule has 54 heavy (non-hydrogen) atoms. The van der Waals surface area contributed by atoms with Crippen molar-refractivity contribution in [3.63, 3.8) is 0 Å². The van der Waals surface area contributed by atoms with Gasteiger partial charge in [0.05, 0.1) is 11.0 Å². The second-order valence-corrected chi connectivity index (χ2v) is 14.2. The minimum atomic E-state index is 1.12. The monoisotopic (exact) mass is 686 g/mol. The first-order chi connectivity index (χ1) is 26.8. The number of benzene rings is 10. The quantitative estimate of drug-likeness (QED) is 0.175. The standard InChI is InChI=1S/C52H34N2/c1-2-14-43(15-3-1)53(44-26-20-36(21-27-44)40-19-18-35-10-4-5-13-39(35)32-40)45-28-22-42-34-46(29-23-41(42)33-45)54-49-30-24-37-11-6-8-16-47(37)51(49)52-48-17-9-7-12-38(48)25-31-50(52)54/h1-34H. The summed E-state index contributed by atoms with van der Waals surface area (Å²) < 4.78 is 2.45. The van der Waals surface area contributed by atoms with Crippen molar-refractivity contribution in [2.75, 3.05) is 4.90 Å². The van der Waals surface area contributed by atoms with Gasteiger partial charge in [-0.1, -0.05) is 140 Å². The van der Waals surface area contributed by atoms with Crippen LogP contribution in [0, 0.1) is 0 Å². The highest BCUT2D eigenvalue weighted by atomic mass is 15.1. The highest BCUT2D eigenvalue weighted by Crippen LogP contribution is 2.42. The fraction of sp³-hybridized carbons (Fsp3) is 0. The molecule has 0 fully saturated rings. The normalized spacial score (nSPS) is 11.7. The minimum absolute atomic E-state index is 1.12. The predicted octanol–water partition coefficient (Wildman–Crippen LogP) is 14.5. The molecule has 10 aromatic carbocycles. The van der Waals surface area contributed by atoms with Crippen molar-refractivity contribution in [3.05, 3.63) is 206 Å². The van der Waals surface area contributed by atoms with E-state index in [0.717, 1.165) is 22.7 Å². The molecule has 0 bridgehead atoms. The van der Waals surface area contributed by atoms with Gasteiger partial charge < -0.3 is 9.47 Å². The van der Waals surface area contributed by atoms with Crippen molar-refractivity contribution in [1.82, 2.24) is 4.57 Å². The molecule has 1 aromatic heterocycles. The highest BCUT2D eigenvalue weighted by Gasteiger charge is 2.18. The topological polar surface area (TPSA) is 8.17 Å². The average Bonchev–Trinajstić information content (AvgIpc) is 3.59. The van der Waals surface area contributed by atoms with Crippen LogP contribution in [0.3, 0.4) is 0 Å². The Hall–Kier alpha value is -7.16. The predicted molar refractivity (Wildman–Crippen MR) is 231 cm³/mol. The van der Waals surface area contributed by atoms with Crippen LogP contribution in [-0.4, -0.2) is 4.57 Å². The number of rotatable bonds is 5. The van der Waals surface area contributed by atoms with Crippen LogP contribution in [0.5, 0.6) is 0 Å². The maximum absolute atomic E-state index is 2.45. The molecule has 0 radical (unpaired) electrons. The lowest BCUT2D eigenvalue weighted by Crippen LogP contribution is -2.09. The van der Waals surface area contributed by atoms with Crippen LogP contribution >= 0.6 is 0 Å². The maximum Gasteiger partial charge on any atom is 0.0547 e. The van der Waals surface area contributed by atoms with Gasteiger partial charge >= 0.3 is 0 Å². The maximum atomic E-state index is 2.45. The van der Waals surface area contributed by atoms with E-state index in [1.807, 2.05) is 0 Å². The third-order valence-corrected chi connectivity index (χ3v) is 11.1. The van der Waals surface area contributed by atoms with Gasteiger partial charge in [0, 0.05) is 33.5 Å². The lowest BCUT2D eigenvalue weighted by atomic mass is 10.00. The van der Waals surface area contributed by atoms with E-state index < -0.39 is 0 Å². The fourth-order valence-electron chi connectivity index (χ4n) is 8.52. The first-order valence-corrected chi connectivity index (χ1v) is 18.6. The van der Waals surface area contributed by atoms with Gasteiger partial charge in [0.2, 0.25) is 0 Å². The van der Waals surface area contributed by atoms with E-state index >= 15 is 0 Å². The second-order valence-electron chi connectivity index (χ2n) is 14.2. The molecule has 2 nitrogen and oxygen atoms in total. The smallest absolute Gasteiger partial charge is 0.0547 e. The van der Waals surface area contributed by atoms with Crippen LogP contribution in [0.15, 0.2) is 206 Å².